The number of hydrogen-bond donors (Lipinski definition) is 3. The Morgan fingerprint density at radius 1 is 1.14 bits per heavy atom. The van der Waals surface area contributed by atoms with Gasteiger partial charge >= 0.3 is 12.0 Å². The molecule has 0 fully saturated rings. The molecule has 0 saturated carbocycles. The molecule has 1 rings (SSSR count). The van der Waals surface area contributed by atoms with E-state index in [2.05, 4.69) is 26.1 Å². The Kier molecular flexibility index (Phi) is 9.16. The van der Waals surface area contributed by atoms with Crippen molar-refractivity contribution in [1.82, 2.24) is 10.6 Å². The van der Waals surface area contributed by atoms with Gasteiger partial charge in [0.15, 0.2) is 6.10 Å². The van der Waals surface area contributed by atoms with Gasteiger partial charge in [-0.25, -0.2) is 9.59 Å². The molecule has 1 aromatic rings. The lowest BCUT2D eigenvalue weighted by molar-refractivity contribution is -0.156. The molecule has 0 spiro atoms. The summed E-state index contributed by atoms with van der Waals surface area (Å²) >= 11 is 1.51. The number of benzene rings is 1. The average Bonchev–Trinajstić information content (AvgIpc) is 2.63. The number of amides is 4. The van der Waals surface area contributed by atoms with Crippen molar-refractivity contribution in [2.75, 3.05) is 12.0 Å². The maximum atomic E-state index is 12.6. The molecule has 0 aromatic heterocycles. The maximum Gasteiger partial charge on any atom is 0.329 e. The molecule has 0 heterocycles. The molecular formula is C20H29N3O5S. The van der Waals surface area contributed by atoms with Gasteiger partial charge in [0, 0.05) is 5.56 Å². The molecule has 4 N–H and O–H groups in total. The van der Waals surface area contributed by atoms with Crippen LogP contribution in [0.2, 0.25) is 0 Å². The van der Waals surface area contributed by atoms with Crippen LogP contribution in [-0.2, 0) is 19.7 Å². The fourth-order valence-electron chi connectivity index (χ4n) is 2.38. The summed E-state index contributed by atoms with van der Waals surface area (Å²) in [6, 6.07) is 5.19. The third kappa shape index (κ3) is 8.15. The Morgan fingerprint density at radius 2 is 1.72 bits per heavy atom. The van der Waals surface area contributed by atoms with E-state index in [1.807, 2.05) is 23.7 Å². The van der Waals surface area contributed by atoms with Gasteiger partial charge in [0.25, 0.3) is 11.8 Å². The predicted octanol–water partition coefficient (Wildman–Crippen LogP) is 1.96. The number of urea groups is 1. The van der Waals surface area contributed by atoms with E-state index in [9.17, 15) is 19.2 Å². The van der Waals surface area contributed by atoms with Crippen molar-refractivity contribution in [2.24, 2.45) is 5.73 Å². The van der Waals surface area contributed by atoms with Gasteiger partial charge in [-0.15, -0.1) is 0 Å². The van der Waals surface area contributed by atoms with E-state index >= 15 is 0 Å². The van der Waals surface area contributed by atoms with Crippen molar-refractivity contribution in [3.8, 4) is 0 Å². The monoisotopic (exact) mass is 423 g/mol. The number of nitrogens with two attached hydrogens (primary N) is 1. The number of imide groups is 1. The molecule has 0 bridgehead atoms. The lowest BCUT2D eigenvalue weighted by Gasteiger charge is -2.21. The summed E-state index contributed by atoms with van der Waals surface area (Å²) in [7, 11) is 0. The lowest BCUT2D eigenvalue weighted by atomic mass is 9.86. The largest absolute Gasteiger partial charge is 0.451 e. The number of thioether (sulfide) groups is 1. The maximum absolute atomic E-state index is 12.6. The van der Waals surface area contributed by atoms with Gasteiger partial charge in [0.05, 0.1) is 0 Å². The highest BCUT2D eigenvalue weighted by molar-refractivity contribution is 7.98. The van der Waals surface area contributed by atoms with Crippen LogP contribution in [0.4, 0.5) is 4.79 Å². The first-order chi connectivity index (χ1) is 13.5. The molecule has 0 aliphatic carbocycles. The summed E-state index contributed by atoms with van der Waals surface area (Å²) in [5, 5.41) is 4.51. The zero-order valence-electron chi connectivity index (χ0n) is 17.4. The third-order valence-corrected chi connectivity index (χ3v) is 4.77. The molecule has 0 radical (unpaired) electrons. The molecule has 4 amide bonds. The average molecular weight is 424 g/mol. The number of ether oxygens (including phenoxy) is 1. The van der Waals surface area contributed by atoms with Crippen LogP contribution in [-0.4, -0.2) is 48.0 Å². The molecule has 0 saturated heterocycles. The fraction of sp³-hybridized carbons (Fsp3) is 0.500. The van der Waals surface area contributed by atoms with Crippen molar-refractivity contribution < 1.29 is 23.9 Å². The first kappa shape index (κ1) is 24.5. The number of carbonyl (C=O) groups is 4. The van der Waals surface area contributed by atoms with Crippen LogP contribution in [0.1, 0.15) is 50.0 Å². The van der Waals surface area contributed by atoms with Gasteiger partial charge in [0.2, 0.25) is 0 Å². The number of hydrogen-bond acceptors (Lipinski definition) is 6. The minimum atomic E-state index is -1.23. The second kappa shape index (κ2) is 10.8. The van der Waals surface area contributed by atoms with Crippen molar-refractivity contribution in [3.63, 3.8) is 0 Å². The molecule has 0 aliphatic heterocycles. The number of rotatable bonds is 8. The van der Waals surface area contributed by atoms with Crippen molar-refractivity contribution in [1.29, 1.82) is 0 Å². The molecule has 160 valence electrons. The van der Waals surface area contributed by atoms with Crippen LogP contribution >= 0.6 is 11.8 Å². The summed E-state index contributed by atoms with van der Waals surface area (Å²) in [5.41, 5.74) is 6.34. The van der Waals surface area contributed by atoms with E-state index in [0.717, 1.165) is 5.56 Å². The molecular weight excluding hydrogens is 394 g/mol. The Balaban J connectivity index is 2.84. The summed E-state index contributed by atoms with van der Waals surface area (Å²) in [4.78, 5) is 47.5. The summed E-state index contributed by atoms with van der Waals surface area (Å²) < 4.78 is 5.09. The van der Waals surface area contributed by atoms with Crippen LogP contribution in [0, 0.1) is 0 Å². The normalized spacial score (nSPS) is 13.1. The van der Waals surface area contributed by atoms with Gasteiger partial charge in [-0.1, -0.05) is 32.9 Å². The van der Waals surface area contributed by atoms with Gasteiger partial charge in [-0.3, -0.25) is 14.9 Å². The smallest absolute Gasteiger partial charge is 0.329 e. The van der Waals surface area contributed by atoms with E-state index in [1.54, 1.807) is 12.1 Å². The topological polar surface area (TPSA) is 128 Å². The van der Waals surface area contributed by atoms with Gasteiger partial charge in [-0.05, 0) is 48.5 Å². The molecule has 29 heavy (non-hydrogen) atoms. The highest BCUT2D eigenvalue weighted by atomic mass is 32.2. The highest BCUT2D eigenvalue weighted by Gasteiger charge is 2.27. The molecule has 2 atom stereocenters. The number of carbonyl (C=O) groups excluding carboxylic acids is 4. The summed E-state index contributed by atoms with van der Waals surface area (Å²) in [6.07, 6.45) is 0.976. The standard InChI is InChI=1S/C20H29N3O5S/c1-12(16(24)23-19(21)27)28-18(26)15(10-11-29-5)22-17(25)13-6-8-14(9-7-13)20(2,3)4/h6-9,12,15H,10-11H2,1-5H3,(H,22,25)(H3,21,23,24,27). The van der Waals surface area contributed by atoms with Gasteiger partial charge in [-0.2, -0.15) is 11.8 Å². The number of esters is 1. The summed E-state index contributed by atoms with van der Waals surface area (Å²) in [5.74, 6) is -1.41. The van der Waals surface area contributed by atoms with Crippen molar-refractivity contribution in [3.05, 3.63) is 35.4 Å². The Morgan fingerprint density at radius 3 is 2.21 bits per heavy atom. The SMILES string of the molecule is CSCCC(NC(=O)c1ccc(C(C)(C)C)cc1)C(=O)OC(C)C(=O)NC(N)=O. The Labute approximate surface area is 175 Å². The van der Waals surface area contributed by atoms with Crippen molar-refractivity contribution >= 4 is 35.6 Å². The van der Waals surface area contributed by atoms with Crippen LogP contribution in [0.5, 0.6) is 0 Å². The summed E-state index contributed by atoms with van der Waals surface area (Å²) in [6.45, 7) is 7.54. The van der Waals surface area contributed by atoms with E-state index in [-0.39, 0.29) is 5.41 Å². The first-order valence-electron chi connectivity index (χ1n) is 9.16. The van der Waals surface area contributed by atoms with Crippen molar-refractivity contribution in [2.45, 2.75) is 51.7 Å². The van der Waals surface area contributed by atoms with E-state index in [4.69, 9.17) is 10.5 Å². The Hall–Kier alpha value is -2.55. The number of nitrogens with one attached hydrogen (secondary N) is 2. The van der Waals surface area contributed by atoms with E-state index in [0.29, 0.717) is 17.7 Å². The minimum Gasteiger partial charge on any atom is -0.451 e. The molecule has 8 nitrogen and oxygen atoms in total. The van der Waals surface area contributed by atoms with Crippen LogP contribution in [0.25, 0.3) is 0 Å². The Bertz CT molecular complexity index is 743. The van der Waals surface area contributed by atoms with E-state index < -0.39 is 36.0 Å². The minimum absolute atomic E-state index is 0.0404. The third-order valence-electron chi connectivity index (χ3n) is 4.12. The molecule has 2 unspecified atom stereocenters. The second-order valence-electron chi connectivity index (χ2n) is 7.57. The van der Waals surface area contributed by atoms with Crippen LogP contribution in [0.3, 0.4) is 0 Å². The zero-order valence-corrected chi connectivity index (χ0v) is 18.2. The number of primary amides is 1. The molecule has 0 aliphatic rings. The van der Waals surface area contributed by atoms with E-state index in [1.165, 1.54) is 18.7 Å². The predicted molar refractivity (Wildman–Crippen MR) is 113 cm³/mol. The fourth-order valence-corrected chi connectivity index (χ4v) is 2.85. The first-order valence-corrected chi connectivity index (χ1v) is 10.6. The highest BCUT2D eigenvalue weighted by Crippen LogP contribution is 2.22. The van der Waals surface area contributed by atoms with Gasteiger partial charge in [0.1, 0.15) is 6.04 Å². The zero-order chi connectivity index (χ0) is 22.2. The second-order valence-corrected chi connectivity index (χ2v) is 8.55. The van der Waals surface area contributed by atoms with Crippen LogP contribution < -0.4 is 16.4 Å². The molecule has 9 heteroatoms. The lowest BCUT2D eigenvalue weighted by Crippen LogP contribution is -2.47. The quantitative estimate of drug-likeness (QED) is 0.549. The van der Waals surface area contributed by atoms with Gasteiger partial charge < -0.3 is 15.8 Å². The van der Waals surface area contributed by atoms with Crippen LogP contribution in [0.15, 0.2) is 24.3 Å². The molecule has 1 aromatic carbocycles.